The molecular formula is C20H21N3O2S2. The van der Waals surface area contributed by atoms with Crippen LogP contribution in [0.15, 0.2) is 47.2 Å². The highest BCUT2D eigenvalue weighted by Crippen LogP contribution is 2.19. The maximum Gasteiger partial charge on any atom is 0.231 e. The molecule has 0 fully saturated rings. The van der Waals surface area contributed by atoms with Gasteiger partial charge >= 0.3 is 0 Å². The number of hydrogen-bond donors (Lipinski definition) is 2. The van der Waals surface area contributed by atoms with Crippen LogP contribution in [0.1, 0.15) is 35.9 Å². The van der Waals surface area contributed by atoms with E-state index in [1.807, 2.05) is 41.8 Å². The van der Waals surface area contributed by atoms with E-state index in [2.05, 4.69) is 29.5 Å². The minimum Gasteiger partial charge on any atom is -0.326 e. The summed E-state index contributed by atoms with van der Waals surface area (Å²) in [6, 6.07) is 11.7. The second kappa shape index (κ2) is 8.92. The lowest BCUT2D eigenvalue weighted by Crippen LogP contribution is -2.15. The normalized spacial score (nSPS) is 10.8. The molecule has 2 amide bonds. The summed E-state index contributed by atoms with van der Waals surface area (Å²) in [5, 5.41) is 9.91. The monoisotopic (exact) mass is 399 g/mol. The van der Waals surface area contributed by atoms with Crippen LogP contribution in [0.5, 0.6) is 0 Å². The number of carbonyl (C=O) groups excluding carboxylic acids is 2. The number of anilines is 2. The standard InChI is InChI=1S/C20H21N3O2S2/c1-13(2)14-5-7-15(8-6-14)21-18(24)10-16-12-27-20(22-16)23-19(25)11-17-4-3-9-26-17/h3-9,12-13H,10-11H2,1-2H3,(H,21,24)(H,22,23,25). The molecule has 0 aliphatic heterocycles. The summed E-state index contributed by atoms with van der Waals surface area (Å²) < 4.78 is 0. The summed E-state index contributed by atoms with van der Waals surface area (Å²) in [7, 11) is 0. The van der Waals surface area contributed by atoms with Crippen molar-refractivity contribution in [3.63, 3.8) is 0 Å². The molecular weight excluding hydrogens is 378 g/mol. The molecule has 2 N–H and O–H groups in total. The lowest BCUT2D eigenvalue weighted by Gasteiger charge is -2.08. The highest BCUT2D eigenvalue weighted by atomic mass is 32.1. The number of hydrogen-bond acceptors (Lipinski definition) is 5. The second-order valence-electron chi connectivity index (χ2n) is 6.45. The van der Waals surface area contributed by atoms with Gasteiger partial charge in [-0.15, -0.1) is 22.7 Å². The molecule has 0 saturated heterocycles. The Bertz CT molecular complexity index is 900. The zero-order valence-electron chi connectivity index (χ0n) is 15.2. The van der Waals surface area contributed by atoms with Crippen LogP contribution in [0.2, 0.25) is 0 Å². The minimum atomic E-state index is -0.131. The Hall–Kier alpha value is -2.51. The van der Waals surface area contributed by atoms with Crippen LogP contribution in [0.25, 0.3) is 0 Å². The van der Waals surface area contributed by atoms with Crippen molar-refractivity contribution in [1.29, 1.82) is 0 Å². The van der Waals surface area contributed by atoms with Crippen molar-refractivity contribution in [2.45, 2.75) is 32.6 Å². The molecule has 0 spiro atoms. The van der Waals surface area contributed by atoms with Crippen LogP contribution < -0.4 is 10.6 Å². The van der Waals surface area contributed by atoms with Gasteiger partial charge in [-0.2, -0.15) is 0 Å². The summed E-state index contributed by atoms with van der Waals surface area (Å²) >= 11 is 2.87. The molecule has 0 saturated carbocycles. The number of thiazole rings is 1. The van der Waals surface area contributed by atoms with E-state index in [1.54, 1.807) is 16.7 Å². The topological polar surface area (TPSA) is 71.1 Å². The van der Waals surface area contributed by atoms with Crippen molar-refractivity contribution >= 4 is 45.3 Å². The quantitative estimate of drug-likeness (QED) is 0.605. The van der Waals surface area contributed by atoms with E-state index in [0.717, 1.165) is 10.6 Å². The number of carbonyl (C=O) groups is 2. The molecule has 3 rings (SSSR count). The fraction of sp³-hybridized carbons (Fsp3) is 0.250. The lowest BCUT2D eigenvalue weighted by atomic mass is 10.0. The molecule has 0 bridgehead atoms. The Balaban J connectivity index is 1.50. The molecule has 140 valence electrons. The number of rotatable bonds is 7. The van der Waals surface area contributed by atoms with Crippen LogP contribution in [0.3, 0.4) is 0 Å². The van der Waals surface area contributed by atoms with Crippen LogP contribution in [0.4, 0.5) is 10.8 Å². The molecule has 27 heavy (non-hydrogen) atoms. The van der Waals surface area contributed by atoms with Gasteiger partial charge in [0.05, 0.1) is 18.5 Å². The van der Waals surface area contributed by atoms with Crippen LogP contribution >= 0.6 is 22.7 Å². The predicted octanol–water partition coefficient (Wildman–Crippen LogP) is 4.69. The van der Waals surface area contributed by atoms with E-state index in [4.69, 9.17) is 0 Å². The van der Waals surface area contributed by atoms with Crippen molar-refractivity contribution in [3.8, 4) is 0 Å². The first kappa shape index (κ1) is 19.3. The first-order valence-electron chi connectivity index (χ1n) is 8.66. The Morgan fingerprint density at radius 2 is 1.74 bits per heavy atom. The highest BCUT2D eigenvalue weighted by Gasteiger charge is 2.11. The molecule has 1 aromatic carbocycles. The van der Waals surface area contributed by atoms with E-state index in [0.29, 0.717) is 23.2 Å². The summed E-state index contributed by atoms with van der Waals surface area (Å²) in [6.07, 6.45) is 0.503. The van der Waals surface area contributed by atoms with Gasteiger partial charge in [-0.25, -0.2) is 4.98 Å². The molecule has 0 unspecified atom stereocenters. The Morgan fingerprint density at radius 3 is 2.41 bits per heavy atom. The van der Waals surface area contributed by atoms with Crippen molar-refractivity contribution < 1.29 is 9.59 Å². The summed E-state index contributed by atoms with van der Waals surface area (Å²) in [4.78, 5) is 29.6. The number of nitrogens with zero attached hydrogens (tertiary/aromatic N) is 1. The molecule has 5 nitrogen and oxygen atoms in total. The number of benzene rings is 1. The maximum atomic E-state index is 12.2. The van der Waals surface area contributed by atoms with Gasteiger partial charge in [-0.1, -0.05) is 32.0 Å². The number of nitrogens with one attached hydrogen (secondary N) is 2. The van der Waals surface area contributed by atoms with Gasteiger partial charge in [0.25, 0.3) is 0 Å². The number of thiophene rings is 1. The van der Waals surface area contributed by atoms with Gasteiger partial charge in [0, 0.05) is 15.9 Å². The van der Waals surface area contributed by atoms with Gasteiger partial charge in [0.2, 0.25) is 11.8 Å². The molecule has 2 heterocycles. The average molecular weight is 400 g/mol. The highest BCUT2D eigenvalue weighted by molar-refractivity contribution is 7.14. The van der Waals surface area contributed by atoms with Gasteiger partial charge in [-0.05, 0) is 35.1 Å². The predicted molar refractivity (Wildman–Crippen MR) is 112 cm³/mol. The Morgan fingerprint density at radius 1 is 1.00 bits per heavy atom. The van der Waals surface area contributed by atoms with Crippen molar-refractivity contribution in [1.82, 2.24) is 4.98 Å². The Kier molecular flexibility index (Phi) is 6.36. The van der Waals surface area contributed by atoms with Crippen LogP contribution in [-0.4, -0.2) is 16.8 Å². The zero-order valence-corrected chi connectivity index (χ0v) is 16.8. The summed E-state index contributed by atoms with van der Waals surface area (Å²) in [5.41, 5.74) is 2.64. The number of aromatic nitrogens is 1. The molecule has 3 aromatic rings. The average Bonchev–Trinajstić information content (AvgIpc) is 3.27. The first-order valence-corrected chi connectivity index (χ1v) is 10.4. The first-order chi connectivity index (χ1) is 13.0. The number of amides is 2. The largest absolute Gasteiger partial charge is 0.326 e. The van der Waals surface area contributed by atoms with E-state index in [1.165, 1.54) is 16.9 Å². The Labute approximate surface area is 166 Å². The van der Waals surface area contributed by atoms with E-state index in [-0.39, 0.29) is 18.2 Å². The molecule has 2 aromatic heterocycles. The third kappa shape index (κ3) is 5.74. The molecule has 7 heteroatoms. The zero-order chi connectivity index (χ0) is 19.2. The van der Waals surface area contributed by atoms with Crippen molar-refractivity contribution in [3.05, 3.63) is 63.3 Å². The minimum absolute atomic E-state index is 0.104. The van der Waals surface area contributed by atoms with Crippen LogP contribution in [-0.2, 0) is 22.4 Å². The maximum absolute atomic E-state index is 12.2. The fourth-order valence-corrected chi connectivity index (χ4v) is 3.93. The van der Waals surface area contributed by atoms with Crippen molar-refractivity contribution in [2.75, 3.05) is 10.6 Å². The fourth-order valence-electron chi connectivity index (χ4n) is 2.50. The molecule has 0 aliphatic carbocycles. The lowest BCUT2D eigenvalue weighted by molar-refractivity contribution is -0.116. The van der Waals surface area contributed by atoms with Gasteiger partial charge in [0.15, 0.2) is 5.13 Å². The third-order valence-corrected chi connectivity index (χ3v) is 5.60. The summed E-state index contributed by atoms with van der Waals surface area (Å²) in [6.45, 7) is 4.26. The van der Waals surface area contributed by atoms with Crippen molar-refractivity contribution in [2.24, 2.45) is 0 Å². The van der Waals surface area contributed by atoms with E-state index in [9.17, 15) is 9.59 Å². The van der Waals surface area contributed by atoms with Gasteiger partial charge in [-0.3, -0.25) is 9.59 Å². The third-order valence-electron chi connectivity index (χ3n) is 3.92. The SMILES string of the molecule is CC(C)c1ccc(NC(=O)Cc2csc(NC(=O)Cc3cccs3)n2)cc1. The molecule has 0 radical (unpaired) electrons. The second-order valence-corrected chi connectivity index (χ2v) is 8.34. The van der Waals surface area contributed by atoms with Gasteiger partial charge < -0.3 is 10.6 Å². The van der Waals surface area contributed by atoms with Gasteiger partial charge in [0.1, 0.15) is 0 Å². The molecule has 0 aliphatic rings. The van der Waals surface area contributed by atoms with E-state index < -0.39 is 0 Å². The summed E-state index contributed by atoms with van der Waals surface area (Å²) in [5.74, 6) is 0.223. The van der Waals surface area contributed by atoms with E-state index >= 15 is 0 Å². The molecule has 0 atom stereocenters. The smallest absolute Gasteiger partial charge is 0.231 e. The van der Waals surface area contributed by atoms with Crippen LogP contribution in [0, 0.1) is 0 Å².